The molecule has 0 heterocycles. The van der Waals surface area contributed by atoms with Crippen LogP contribution in [0.3, 0.4) is 0 Å². The van der Waals surface area contributed by atoms with E-state index in [-0.39, 0.29) is 11.9 Å². The highest BCUT2D eigenvalue weighted by atomic mass is 16.5. The molecule has 0 saturated carbocycles. The van der Waals surface area contributed by atoms with E-state index < -0.39 is 0 Å². The zero-order valence-electron chi connectivity index (χ0n) is 12.0. The van der Waals surface area contributed by atoms with Crippen LogP contribution in [0.2, 0.25) is 0 Å². The fraction of sp³-hybridized carbons (Fsp3) is 0.471. The molecule has 0 N–H and O–H groups in total. The largest absolute Gasteiger partial charge is 0.466 e. The van der Waals surface area contributed by atoms with E-state index in [1.54, 1.807) is 0 Å². The molecule has 0 aliphatic carbocycles. The predicted molar refractivity (Wildman–Crippen MR) is 78.9 cm³/mol. The number of allylic oxidation sites excluding steroid dienone is 1. The lowest BCUT2D eigenvalue weighted by Gasteiger charge is -2.21. The molecule has 0 aromatic heterocycles. The first-order chi connectivity index (χ1) is 9.19. The predicted octanol–water partition coefficient (Wildman–Crippen LogP) is 4.01. The van der Waals surface area contributed by atoms with E-state index >= 15 is 0 Å². The topological polar surface area (TPSA) is 26.3 Å². The minimum absolute atomic E-state index is 0.0679. The molecule has 0 saturated heterocycles. The molecule has 104 valence electrons. The molecule has 1 rings (SSSR count). The summed E-state index contributed by atoms with van der Waals surface area (Å²) in [5.41, 5.74) is 1.31. The van der Waals surface area contributed by atoms with E-state index in [1.807, 2.05) is 38.1 Å². The van der Waals surface area contributed by atoms with Gasteiger partial charge in [0.25, 0.3) is 0 Å². The molecule has 0 aliphatic rings. The Morgan fingerprint density at radius 2 is 2.05 bits per heavy atom. The van der Waals surface area contributed by atoms with E-state index in [1.165, 1.54) is 5.56 Å². The smallest absolute Gasteiger partial charge is 0.308 e. The molecule has 0 amide bonds. The summed E-state index contributed by atoms with van der Waals surface area (Å²) in [4.78, 5) is 11.8. The van der Waals surface area contributed by atoms with Crippen LogP contribution in [0.4, 0.5) is 0 Å². The van der Waals surface area contributed by atoms with Gasteiger partial charge in [-0.15, -0.1) is 6.58 Å². The molecule has 19 heavy (non-hydrogen) atoms. The lowest BCUT2D eigenvalue weighted by atomic mass is 9.86. The second kappa shape index (κ2) is 8.52. The number of hydrogen-bond acceptors (Lipinski definition) is 2. The van der Waals surface area contributed by atoms with Gasteiger partial charge in [-0.1, -0.05) is 43.3 Å². The van der Waals surface area contributed by atoms with Gasteiger partial charge in [0.15, 0.2) is 0 Å². The van der Waals surface area contributed by atoms with Gasteiger partial charge in [-0.3, -0.25) is 4.79 Å². The molecular weight excluding hydrogens is 236 g/mol. The van der Waals surface area contributed by atoms with Gasteiger partial charge in [0.1, 0.15) is 0 Å². The van der Waals surface area contributed by atoms with Crippen molar-refractivity contribution < 1.29 is 9.53 Å². The molecule has 0 fully saturated rings. The molecular formula is C17H24O2. The number of esters is 1. The van der Waals surface area contributed by atoms with Crippen LogP contribution in [0.1, 0.15) is 32.3 Å². The maximum atomic E-state index is 11.8. The number of aryl methyl sites for hydroxylation is 1. The first-order valence-electron chi connectivity index (χ1n) is 7.00. The number of benzene rings is 1. The highest BCUT2D eigenvalue weighted by Gasteiger charge is 2.23. The van der Waals surface area contributed by atoms with Crippen LogP contribution in [0.25, 0.3) is 0 Å². The molecule has 2 nitrogen and oxygen atoms in total. The molecule has 2 atom stereocenters. The second-order valence-electron chi connectivity index (χ2n) is 4.85. The second-order valence-corrected chi connectivity index (χ2v) is 4.85. The SMILES string of the molecule is C=CC[C@H](CCc1ccccc1)[C@H](C)C(=O)OCC. The fourth-order valence-electron chi connectivity index (χ4n) is 2.25. The van der Waals surface area contributed by atoms with Gasteiger partial charge in [-0.05, 0) is 37.7 Å². The summed E-state index contributed by atoms with van der Waals surface area (Å²) in [6, 6.07) is 10.4. The Bertz CT molecular complexity index is 384. The van der Waals surface area contributed by atoms with Gasteiger partial charge < -0.3 is 4.74 Å². The number of rotatable bonds is 8. The molecule has 0 unspecified atom stereocenters. The molecule has 0 bridgehead atoms. The summed E-state index contributed by atoms with van der Waals surface area (Å²) >= 11 is 0. The minimum atomic E-state index is -0.0950. The van der Waals surface area contributed by atoms with Gasteiger partial charge in [-0.25, -0.2) is 0 Å². The third kappa shape index (κ3) is 5.29. The lowest BCUT2D eigenvalue weighted by Crippen LogP contribution is -2.23. The zero-order chi connectivity index (χ0) is 14.1. The minimum Gasteiger partial charge on any atom is -0.466 e. The highest BCUT2D eigenvalue weighted by Crippen LogP contribution is 2.23. The van der Waals surface area contributed by atoms with Crippen molar-refractivity contribution in [3.05, 3.63) is 48.6 Å². The average molecular weight is 260 g/mol. The molecule has 0 radical (unpaired) electrons. The number of ether oxygens (including phenoxy) is 1. The van der Waals surface area contributed by atoms with Crippen molar-refractivity contribution in [2.45, 2.75) is 33.1 Å². The van der Waals surface area contributed by atoms with Gasteiger partial charge in [0, 0.05) is 0 Å². The number of hydrogen-bond donors (Lipinski definition) is 0. The third-order valence-electron chi connectivity index (χ3n) is 3.48. The van der Waals surface area contributed by atoms with Crippen molar-refractivity contribution in [2.24, 2.45) is 11.8 Å². The van der Waals surface area contributed by atoms with Crippen LogP contribution < -0.4 is 0 Å². The first-order valence-corrected chi connectivity index (χ1v) is 7.00. The van der Waals surface area contributed by atoms with E-state index in [2.05, 4.69) is 18.7 Å². The van der Waals surface area contributed by atoms with Crippen LogP contribution >= 0.6 is 0 Å². The summed E-state index contributed by atoms with van der Waals surface area (Å²) in [6.07, 6.45) is 4.72. The quantitative estimate of drug-likeness (QED) is 0.521. The Balaban J connectivity index is 2.57. The maximum absolute atomic E-state index is 11.8. The van der Waals surface area contributed by atoms with Crippen molar-refractivity contribution in [3.63, 3.8) is 0 Å². The van der Waals surface area contributed by atoms with Gasteiger partial charge in [0.05, 0.1) is 12.5 Å². The van der Waals surface area contributed by atoms with Crippen molar-refractivity contribution in [1.82, 2.24) is 0 Å². The Hall–Kier alpha value is -1.57. The third-order valence-corrected chi connectivity index (χ3v) is 3.48. The summed E-state index contributed by atoms with van der Waals surface area (Å²) in [5.74, 6) is 0.140. The van der Waals surface area contributed by atoms with Crippen molar-refractivity contribution in [3.8, 4) is 0 Å². The Labute approximate surface area is 116 Å². The van der Waals surface area contributed by atoms with Crippen LogP contribution in [0, 0.1) is 11.8 Å². The first kappa shape index (κ1) is 15.5. The van der Waals surface area contributed by atoms with E-state index in [0.29, 0.717) is 12.5 Å². The monoisotopic (exact) mass is 260 g/mol. The van der Waals surface area contributed by atoms with Crippen LogP contribution in [-0.4, -0.2) is 12.6 Å². The molecule has 0 aliphatic heterocycles. The lowest BCUT2D eigenvalue weighted by molar-refractivity contribution is -0.149. The van der Waals surface area contributed by atoms with E-state index in [4.69, 9.17) is 4.74 Å². The van der Waals surface area contributed by atoms with Gasteiger partial charge in [0.2, 0.25) is 0 Å². The fourth-order valence-corrected chi connectivity index (χ4v) is 2.25. The Morgan fingerprint density at radius 3 is 2.63 bits per heavy atom. The van der Waals surface area contributed by atoms with Crippen molar-refractivity contribution in [2.75, 3.05) is 6.61 Å². The summed E-state index contributed by atoms with van der Waals surface area (Å²) in [7, 11) is 0. The molecule has 1 aromatic rings. The normalized spacial score (nSPS) is 13.6. The standard InChI is InChI=1S/C17H24O2/c1-4-9-16(14(3)17(18)19-5-2)13-12-15-10-7-6-8-11-15/h4,6-8,10-11,14,16H,1,5,9,12-13H2,2-3H3/t14-,16+/m0/s1. The molecule has 2 heteroatoms. The van der Waals surface area contributed by atoms with Crippen LogP contribution in [0.15, 0.2) is 43.0 Å². The molecule has 1 aromatic carbocycles. The number of carbonyl (C=O) groups is 1. The zero-order valence-corrected chi connectivity index (χ0v) is 12.0. The summed E-state index contributed by atoms with van der Waals surface area (Å²) < 4.78 is 5.11. The number of carbonyl (C=O) groups excluding carboxylic acids is 1. The van der Waals surface area contributed by atoms with Crippen LogP contribution in [-0.2, 0) is 16.0 Å². The maximum Gasteiger partial charge on any atom is 0.308 e. The van der Waals surface area contributed by atoms with E-state index in [0.717, 1.165) is 19.3 Å². The van der Waals surface area contributed by atoms with Gasteiger partial charge >= 0.3 is 5.97 Å². The summed E-state index contributed by atoms with van der Waals surface area (Å²) in [5, 5.41) is 0. The summed E-state index contributed by atoms with van der Waals surface area (Å²) in [6.45, 7) is 8.04. The van der Waals surface area contributed by atoms with E-state index in [9.17, 15) is 4.79 Å². The molecule has 0 spiro atoms. The average Bonchev–Trinajstić information content (AvgIpc) is 2.44. The van der Waals surface area contributed by atoms with Crippen molar-refractivity contribution in [1.29, 1.82) is 0 Å². The van der Waals surface area contributed by atoms with Crippen LogP contribution in [0.5, 0.6) is 0 Å². The van der Waals surface area contributed by atoms with Crippen molar-refractivity contribution >= 4 is 5.97 Å². The Kier molecular flexibility index (Phi) is 6.94. The Morgan fingerprint density at radius 1 is 1.37 bits per heavy atom. The highest BCUT2D eigenvalue weighted by molar-refractivity contribution is 5.72. The van der Waals surface area contributed by atoms with Gasteiger partial charge in [-0.2, -0.15) is 0 Å².